The Kier molecular flexibility index (Phi) is 5.57. The third kappa shape index (κ3) is 5.10. The van der Waals surface area contributed by atoms with Gasteiger partial charge in [-0.2, -0.15) is 13.2 Å². The second kappa shape index (κ2) is 7.23. The largest absolute Gasteiger partial charge is 0.401 e. The molecule has 1 aromatic rings. The molecule has 0 spiro atoms. The predicted molar refractivity (Wildman–Crippen MR) is 81.3 cm³/mol. The maximum Gasteiger partial charge on any atom is 0.401 e. The molecule has 0 saturated carbocycles. The zero-order valence-corrected chi connectivity index (χ0v) is 12.9. The van der Waals surface area contributed by atoms with Crippen LogP contribution in [0.2, 0.25) is 0 Å². The minimum absolute atomic E-state index is 0.219. The summed E-state index contributed by atoms with van der Waals surface area (Å²) in [5.74, 6) is 0. The number of rotatable bonds is 4. The van der Waals surface area contributed by atoms with Crippen LogP contribution < -0.4 is 10.6 Å². The number of carbonyl (C=O) groups is 1. The van der Waals surface area contributed by atoms with E-state index in [1.807, 2.05) is 24.5 Å². The second-order valence-electron chi connectivity index (χ2n) is 5.13. The molecule has 1 fully saturated rings. The number of alkyl halides is 3. The topological polar surface area (TPSA) is 44.4 Å². The van der Waals surface area contributed by atoms with Crippen molar-refractivity contribution in [1.29, 1.82) is 0 Å². The number of para-hydroxylation sites is 1. The van der Waals surface area contributed by atoms with Gasteiger partial charge in [0.25, 0.3) is 0 Å². The van der Waals surface area contributed by atoms with Crippen LogP contribution in [0.25, 0.3) is 0 Å². The average molecular weight is 333 g/mol. The van der Waals surface area contributed by atoms with Crippen LogP contribution in [0.5, 0.6) is 0 Å². The molecule has 1 aromatic carbocycles. The monoisotopic (exact) mass is 333 g/mol. The fourth-order valence-corrected chi connectivity index (χ4v) is 2.99. The number of benzene rings is 1. The summed E-state index contributed by atoms with van der Waals surface area (Å²) < 4.78 is 37.0. The Balaban J connectivity index is 1.83. The fraction of sp³-hybridized carbons (Fsp3) is 0.500. The van der Waals surface area contributed by atoms with E-state index in [4.69, 9.17) is 0 Å². The number of thioether (sulfide) groups is 1. The van der Waals surface area contributed by atoms with E-state index in [1.54, 1.807) is 6.07 Å². The Morgan fingerprint density at radius 3 is 2.82 bits per heavy atom. The van der Waals surface area contributed by atoms with Crippen molar-refractivity contribution in [2.45, 2.75) is 23.5 Å². The lowest BCUT2D eigenvalue weighted by atomic mass is 10.3. The fourth-order valence-electron chi connectivity index (χ4n) is 2.44. The average Bonchev–Trinajstić information content (AvgIpc) is 2.84. The zero-order chi connectivity index (χ0) is 16.2. The Bertz CT molecular complexity index is 524. The molecule has 1 saturated heterocycles. The summed E-state index contributed by atoms with van der Waals surface area (Å²) in [6.45, 7) is -0.370. The lowest BCUT2D eigenvalue weighted by Crippen LogP contribution is -2.41. The van der Waals surface area contributed by atoms with Gasteiger partial charge in [-0.25, -0.2) is 4.79 Å². The molecular formula is C14H18F3N3OS. The van der Waals surface area contributed by atoms with Gasteiger partial charge in [0.15, 0.2) is 0 Å². The van der Waals surface area contributed by atoms with Crippen molar-refractivity contribution in [2.24, 2.45) is 0 Å². The minimum atomic E-state index is -4.20. The van der Waals surface area contributed by atoms with Crippen LogP contribution in [0.15, 0.2) is 29.2 Å². The number of nitrogens with zero attached hydrogens (tertiary/aromatic N) is 1. The van der Waals surface area contributed by atoms with Crippen LogP contribution in [0.4, 0.5) is 23.7 Å². The quantitative estimate of drug-likeness (QED) is 0.832. The van der Waals surface area contributed by atoms with Gasteiger partial charge in [-0.15, -0.1) is 11.8 Å². The summed E-state index contributed by atoms with van der Waals surface area (Å²) in [4.78, 5) is 14.2. The molecule has 8 heteroatoms. The van der Waals surface area contributed by atoms with Crippen molar-refractivity contribution >= 4 is 23.5 Å². The third-order valence-corrected chi connectivity index (χ3v) is 4.16. The maximum atomic E-state index is 12.3. The molecule has 1 atom stereocenters. The highest BCUT2D eigenvalue weighted by Gasteiger charge is 2.34. The lowest BCUT2D eigenvalue weighted by molar-refractivity contribution is -0.143. The number of amides is 2. The van der Waals surface area contributed by atoms with Gasteiger partial charge in [0, 0.05) is 24.0 Å². The molecule has 0 radical (unpaired) electrons. The number of hydrogen-bond acceptors (Lipinski definition) is 3. The van der Waals surface area contributed by atoms with Crippen LogP contribution in [0.3, 0.4) is 0 Å². The van der Waals surface area contributed by atoms with Gasteiger partial charge >= 0.3 is 12.2 Å². The first-order valence-electron chi connectivity index (χ1n) is 6.87. The Morgan fingerprint density at radius 2 is 2.14 bits per heavy atom. The Morgan fingerprint density at radius 1 is 1.41 bits per heavy atom. The highest BCUT2D eigenvalue weighted by molar-refractivity contribution is 7.98. The van der Waals surface area contributed by atoms with Crippen LogP contribution >= 0.6 is 11.8 Å². The van der Waals surface area contributed by atoms with E-state index >= 15 is 0 Å². The number of nitrogens with one attached hydrogen (secondary N) is 2. The number of urea groups is 1. The molecule has 1 aliphatic heterocycles. The van der Waals surface area contributed by atoms with Gasteiger partial charge < -0.3 is 10.6 Å². The van der Waals surface area contributed by atoms with Crippen LogP contribution in [0, 0.1) is 0 Å². The third-order valence-electron chi connectivity index (χ3n) is 3.37. The first-order chi connectivity index (χ1) is 10.4. The van der Waals surface area contributed by atoms with Gasteiger partial charge in [-0.3, -0.25) is 4.90 Å². The number of carbonyl (C=O) groups excluding carboxylic acids is 1. The standard InChI is InChI=1S/C14H18F3N3OS/c1-22-12-5-3-2-4-11(12)19-13(21)18-10-6-7-20(8-10)9-14(15,16)17/h2-5,10H,6-9H2,1H3,(H2,18,19,21)/t10-/m1/s1. The molecule has 1 heterocycles. The molecule has 4 nitrogen and oxygen atoms in total. The molecule has 0 aliphatic carbocycles. The first kappa shape index (κ1) is 17.0. The molecule has 0 unspecified atom stereocenters. The van der Waals surface area contributed by atoms with Gasteiger partial charge in [0.2, 0.25) is 0 Å². The number of hydrogen-bond donors (Lipinski definition) is 2. The molecule has 2 rings (SSSR count). The summed E-state index contributed by atoms with van der Waals surface area (Å²) in [7, 11) is 0. The van der Waals surface area contributed by atoms with Crippen molar-refractivity contribution in [3.63, 3.8) is 0 Å². The minimum Gasteiger partial charge on any atom is -0.334 e. The van der Waals surface area contributed by atoms with Crippen molar-refractivity contribution in [3.8, 4) is 0 Å². The maximum absolute atomic E-state index is 12.3. The van der Waals surface area contributed by atoms with E-state index in [-0.39, 0.29) is 18.6 Å². The summed E-state index contributed by atoms with van der Waals surface area (Å²) in [6.07, 6.45) is -1.77. The predicted octanol–water partition coefficient (Wildman–Crippen LogP) is 3.17. The summed E-state index contributed by atoms with van der Waals surface area (Å²) in [5.41, 5.74) is 0.692. The van der Waals surface area contributed by atoms with E-state index in [0.717, 1.165) is 4.90 Å². The van der Waals surface area contributed by atoms with Crippen molar-refractivity contribution in [2.75, 3.05) is 31.2 Å². The highest BCUT2D eigenvalue weighted by Crippen LogP contribution is 2.24. The summed E-state index contributed by atoms with van der Waals surface area (Å²) >= 11 is 1.51. The van der Waals surface area contributed by atoms with Crippen molar-refractivity contribution < 1.29 is 18.0 Å². The lowest BCUT2D eigenvalue weighted by Gasteiger charge is -2.18. The normalized spacial score (nSPS) is 19.2. The van der Waals surface area contributed by atoms with E-state index in [1.165, 1.54) is 16.7 Å². The van der Waals surface area contributed by atoms with Crippen molar-refractivity contribution in [1.82, 2.24) is 10.2 Å². The number of halogens is 3. The van der Waals surface area contributed by atoms with E-state index in [9.17, 15) is 18.0 Å². The van der Waals surface area contributed by atoms with Gasteiger partial charge in [-0.1, -0.05) is 12.1 Å². The SMILES string of the molecule is CSc1ccccc1NC(=O)N[C@@H]1CCN(CC(F)(F)F)C1. The summed E-state index contributed by atoms with van der Waals surface area (Å²) in [5, 5.41) is 5.47. The van der Waals surface area contributed by atoms with Gasteiger partial charge in [0.1, 0.15) is 0 Å². The summed E-state index contributed by atoms with van der Waals surface area (Å²) in [6, 6.07) is 6.72. The zero-order valence-electron chi connectivity index (χ0n) is 12.1. The smallest absolute Gasteiger partial charge is 0.334 e. The van der Waals surface area contributed by atoms with Gasteiger partial charge in [-0.05, 0) is 24.8 Å². The molecule has 0 bridgehead atoms. The Hall–Kier alpha value is -1.41. The highest BCUT2D eigenvalue weighted by atomic mass is 32.2. The van der Waals surface area contributed by atoms with E-state index in [2.05, 4.69) is 10.6 Å². The number of anilines is 1. The molecule has 2 amide bonds. The molecular weight excluding hydrogens is 315 g/mol. The second-order valence-corrected chi connectivity index (χ2v) is 5.98. The molecule has 0 aromatic heterocycles. The Labute approximate surface area is 131 Å². The molecule has 122 valence electrons. The molecule has 1 aliphatic rings. The van der Waals surface area contributed by atoms with E-state index in [0.29, 0.717) is 18.7 Å². The molecule has 22 heavy (non-hydrogen) atoms. The van der Waals surface area contributed by atoms with Gasteiger partial charge in [0.05, 0.1) is 12.2 Å². The van der Waals surface area contributed by atoms with Crippen LogP contribution in [0.1, 0.15) is 6.42 Å². The number of likely N-dealkylation sites (tertiary alicyclic amines) is 1. The molecule has 2 N–H and O–H groups in total. The van der Waals surface area contributed by atoms with Crippen LogP contribution in [-0.2, 0) is 0 Å². The van der Waals surface area contributed by atoms with E-state index < -0.39 is 12.7 Å². The first-order valence-corrected chi connectivity index (χ1v) is 8.09. The van der Waals surface area contributed by atoms with Crippen LogP contribution in [-0.4, -0.2) is 49.0 Å². The van der Waals surface area contributed by atoms with Crippen molar-refractivity contribution in [3.05, 3.63) is 24.3 Å².